The molecule has 0 N–H and O–H groups in total. The van der Waals surface area contributed by atoms with Crippen LogP contribution in [0, 0.1) is 11.6 Å². The van der Waals surface area contributed by atoms with Gasteiger partial charge in [-0.3, -0.25) is 0 Å². The fourth-order valence-electron chi connectivity index (χ4n) is 5.18. The molecule has 6 aromatic rings. The Morgan fingerprint density at radius 3 is 1.89 bits per heavy atom. The van der Waals surface area contributed by atoms with Crippen molar-refractivity contribution in [1.29, 1.82) is 0 Å². The molecule has 0 saturated carbocycles. The van der Waals surface area contributed by atoms with Crippen molar-refractivity contribution >= 4 is 16.9 Å². The number of fused-ring (bicyclic) bond motifs is 1. The first-order valence-corrected chi connectivity index (χ1v) is 13.9. The van der Waals surface area contributed by atoms with Gasteiger partial charge in [0.15, 0.2) is 0 Å². The molecule has 0 aliphatic heterocycles. The highest BCUT2D eigenvalue weighted by Gasteiger charge is 2.41. The molecule has 1 heterocycles. The number of halogens is 5. The number of alkyl halides is 3. The summed E-state index contributed by atoms with van der Waals surface area (Å²) in [6.45, 7) is -0.00735. The molecule has 0 amide bonds. The molecule has 1 aromatic heterocycles. The molecule has 0 spiro atoms. The zero-order valence-electron chi connectivity index (χ0n) is 23.5. The number of aromatic nitrogens is 1. The van der Waals surface area contributed by atoms with Crippen molar-refractivity contribution in [3.05, 3.63) is 155 Å². The first-order valence-electron chi connectivity index (χ1n) is 13.9. The molecule has 0 aliphatic carbocycles. The molecular formula is C36H24F5NO3. The van der Waals surface area contributed by atoms with E-state index in [1.807, 2.05) is 24.3 Å². The number of hydrogen-bond acceptors (Lipinski definition) is 3. The van der Waals surface area contributed by atoms with E-state index in [4.69, 9.17) is 9.47 Å². The summed E-state index contributed by atoms with van der Waals surface area (Å²) in [4.78, 5) is 12.7. The maximum Gasteiger partial charge on any atom is 0.432 e. The fourth-order valence-corrected chi connectivity index (χ4v) is 5.18. The minimum absolute atomic E-state index is 0.00313. The van der Waals surface area contributed by atoms with E-state index < -0.39 is 29.5 Å². The molecule has 0 unspecified atom stereocenters. The Kier molecular flexibility index (Phi) is 8.08. The van der Waals surface area contributed by atoms with Crippen LogP contribution in [-0.2, 0) is 24.1 Å². The molecule has 4 nitrogen and oxygen atoms in total. The standard InChI is InChI=1S/C36H24F5NO3/c37-27-15-17-29(18-16-27)42-30-19-28(38)20-31(44-21-23-7-3-1-4-8-23)33(30)32(34(42)36(39,40)41)25-11-13-26(14-12-25)35(43)45-22-24-9-5-2-6-10-24/h1-20H,21-22H2. The summed E-state index contributed by atoms with van der Waals surface area (Å²) < 4.78 is 86.2. The van der Waals surface area contributed by atoms with Gasteiger partial charge < -0.3 is 14.0 Å². The van der Waals surface area contributed by atoms with Gasteiger partial charge in [-0.05, 0) is 59.2 Å². The summed E-state index contributed by atoms with van der Waals surface area (Å²) in [6.07, 6.45) is -4.94. The summed E-state index contributed by atoms with van der Waals surface area (Å²) in [7, 11) is 0. The Bertz CT molecular complexity index is 1950. The van der Waals surface area contributed by atoms with E-state index in [0.29, 0.717) is 0 Å². The van der Waals surface area contributed by atoms with Crippen LogP contribution in [0.4, 0.5) is 22.0 Å². The molecule has 5 aromatic carbocycles. The van der Waals surface area contributed by atoms with Crippen LogP contribution in [0.25, 0.3) is 27.7 Å². The van der Waals surface area contributed by atoms with Gasteiger partial charge in [-0.15, -0.1) is 0 Å². The average molecular weight is 614 g/mol. The zero-order chi connectivity index (χ0) is 31.6. The Hall–Kier alpha value is -5.44. The lowest BCUT2D eigenvalue weighted by atomic mass is 9.99. The van der Waals surface area contributed by atoms with Crippen LogP contribution in [0.3, 0.4) is 0 Å². The SMILES string of the molecule is O=C(OCc1ccccc1)c1ccc(-c2c(C(F)(F)F)n(-c3ccc(F)cc3)c3cc(F)cc(OCc4ccccc4)c23)cc1. The first-order chi connectivity index (χ1) is 21.7. The van der Waals surface area contributed by atoms with Crippen molar-refractivity contribution in [2.45, 2.75) is 19.4 Å². The van der Waals surface area contributed by atoms with Crippen LogP contribution in [0.1, 0.15) is 27.2 Å². The maximum absolute atomic E-state index is 15.1. The van der Waals surface area contributed by atoms with E-state index in [2.05, 4.69) is 0 Å². The number of rotatable bonds is 8. The molecular weight excluding hydrogens is 589 g/mol. The smallest absolute Gasteiger partial charge is 0.432 e. The second kappa shape index (κ2) is 12.3. The number of ether oxygens (including phenoxy) is 2. The molecule has 0 bridgehead atoms. The van der Waals surface area contributed by atoms with Gasteiger partial charge in [0, 0.05) is 17.3 Å². The van der Waals surface area contributed by atoms with Gasteiger partial charge in [0.2, 0.25) is 0 Å². The third-order valence-corrected chi connectivity index (χ3v) is 7.21. The number of carbonyl (C=O) groups excluding carboxylic acids is 1. The van der Waals surface area contributed by atoms with Gasteiger partial charge in [0.1, 0.15) is 36.3 Å². The van der Waals surface area contributed by atoms with Crippen LogP contribution >= 0.6 is 0 Å². The Morgan fingerprint density at radius 1 is 0.689 bits per heavy atom. The van der Waals surface area contributed by atoms with E-state index >= 15 is 17.6 Å². The van der Waals surface area contributed by atoms with E-state index in [-0.39, 0.29) is 52.2 Å². The summed E-state index contributed by atoms with van der Waals surface area (Å²) in [5, 5.41) is 0.00313. The van der Waals surface area contributed by atoms with E-state index in [9.17, 15) is 9.18 Å². The summed E-state index contributed by atoms with van der Waals surface area (Å²) in [6, 6.07) is 29.9. The van der Waals surface area contributed by atoms with Gasteiger partial charge in [-0.1, -0.05) is 72.8 Å². The van der Waals surface area contributed by atoms with Gasteiger partial charge in [0.25, 0.3) is 0 Å². The molecule has 0 atom stereocenters. The molecule has 0 aliphatic rings. The van der Waals surface area contributed by atoms with Gasteiger partial charge in [-0.2, -0.15) is 13.2 Å². The minimum Gasteiger partial charge on any atom is -0.488 e. The Labute approximate surface area is 254 Å². The quantitative estimate of drug-likeness (QED) is 0.127. The van der Waals surface area contributed by atoms with Gasteiger partial charge in [0.05, 0.1) is 16.5 Å². The van der Waals surface area contributed by atoms with Crippen molar-refractivity contribution in [2.24, 2.45) is 0 Å². The number of nitrogens with zero attached hydrogens (tertiary/aromatic N) is 1. The Morgan fingerprint density at radius 2 is 1.29 bits per heavy atom. The molecule has 45 heavy (non-hydrogen) atoms. The Balaban J connectivity index is 1.50. The fraction of sp³-hybridized carbons (Fsp3) is 0.0833. The summed E-state index contributed by atoms with van der Waals surface area (Å²) >= 11 is 0. The number of benzene rings is 5. The predicted octanol–water partition coefficient (Wildman–Crippen LogP) is 9.53. The summed E-state index contributed by atoms with van der Waals surface area (Å²) in [5.41, 5.74) is 0.192. The molecule has 0 radical (unpaired) electrons. The highest BCUT2D eigenvalue weighted by atomic mass is 19.4. The second-order valence-corrected chi connectivity index (χ2v) is 10.2. The summed E-state index contributed by atoms with van der Waals surface area (Å²) in [5.74, 6) is -2.22. The number of esters is 1. The van der Waals surface area contributed by atoms with E-state index in [0.717, 1.165) is 40.0 Å². The van der Waals surface area contributed by atoms with Crippen LogP contribution < -0.4 is 4.74 Å². The minimum atomic E-state index is -4.94. The molecule has 9 heteroatoms. The molecule has 6 rings (SSSR count). The lowest BCUT2D eigenvalue weighted by molar-refractivity contribution is -0.141. The van der Waals surface area contributed by atoms with Crippen LogP contribution in [0.15, 0.2) is 121 Å². The molecule has 0 fully saturated rings. The largest absolute Gasteiger partial charge is 0.488 e. The molecule has 226 valence electrons. The normalized spacial score (nSPS) is 11.5. The highest BCUT2D eigenvalue weighted by molar-refractivity contribution is 6.04. The third kappa shape index (κ3) is 6.28. The van der Waals surface area contributed by atoms with Crippen molar-refractivity contribution in [1.82, 2.24) is 4.57 Å². The van der Waals surface area contributed by atoms with E-state index in [1.165, 1.54) is 36.4 Å². The van der Waals surface area contributed by atoms with Crippen molar-refractivity contribution in [3.8, 4) is 22.6 Å². The van der Waals surface area contributed by atoms with Gasteiger partial charge >= 0.3 is 12.1 Å². The van der Waals surface area contributed by atoms with E-state index in [1.54, 1.807) is 36.4 Å². The van der Waals surface area contributed by atoms with Crippen LogP contribution in [0.5, 0.6) is 5.75 Å². The van der Waals surface area contributed by atoms with Gasteiger partial charge in [-0.25, -0.2) is 13.6 Å². The maximum atomic E-state index is 15.1. The third-order valence-electron chi connectivity index (χ3n) is 7.21. The van der Waals surface area contributed by atoms with Crippen molar-refractivity contribution in [3.63, 3.8) is 0 Å². The lowest BCUT2D eigenvalue weighted by Crippen LogP contribution is -2.13. The van der Waals surface area contributed by atoms with Crippen LogP contribution in [0.2, 0.25) is 0 Å². The average Bonchev–Trinajstić information content (AvgIpc) is 3.39. The van der Waals surface area contributed by atoms with Crippen molar-refractivity contribution in [2.75, 3.05) is 0 Å². The topological polar surface area (TPSA) is 40.5 Å². The molecule has 0 saturated heterocycles. The second-order valence-electron chi connectivity index (χ2n) is 10.2. The first kappa shape index (κ1) is 29.6. The monoisotopic (exact) mass is 613 g/mol. The van der Waals surface area contributed by atoms with Crippen LogP contribution in [-0.4, -0.2) is 10.5 Å². The highest BCUT2D eigenvalue weighted by Crippen LogP contribution is 2.48. The van der Waals surface area contributed by atoms with Crippen molar-refractivity contribution < 1.29 is 36.2 Å². The zero-order valence-corrected chi connectivity index (χ0v) is 23.5. The lowest BCUT2D eigenvalue weighted by Gasteiger charge is -2.15. The number of hydrogen-bond donors (Lipinski definition) is 0. The number of carbonyl (C=O) groups is 1. The predicted molar refractivity (Wildman–Crippen MR) is 160 cm³/mol.